The first-order chi connectivity index (χ1) is 39.4. The molecule has 2 heterocycles. The first-order valence-corrected chi connectivity index (χ1v) is 33.6. The molecule has 82 heavy (non-hydrogen) atoms. The van der Waals surface area contributed by atoms with Crippen LogP contribution in [0.15, 0.2) is 0 Å². The first kappa shape index (κ1) is 75.7. The molecule has 0 aromatic rings. The molecule has 0 saturated carbocycles. The Morgan fingerprint density at radius 3 is 1.45 bits per heavy atom. The van der Waals surface area contributed by atoms with Crippen molar-refractivity contribution < 1.29 is 92.4 Å². The van der Waals surface area contributed by atoms with Gasteiger partial charge >= 0.3 is 19.8 Å². The molecule has 2 saturated heterocycles. The number of aliphatic carboxylic acids is 1. The van der Waals surface area contributed by atoms with E-state index in [-0.39, 0.29) is 32.3 Å². The molecule has 0 aromatic carbocycles. The molecular weight excluding hydrogens is 1080 g/mol. The smallest absolute Gasteiger partial charge is 0.470 e. The van der Waals surface area contributed by atoms with Crippen LogP contribution >= 0.6 is 7.82 Å². The zero-order chi connectivity index (χ0) is 60.4. The van der Waals surface area contributed by atoms with Crippen LogP contribution in [0.3, 0.4) is 0 Å². The highest BCUT2D eigenvalue weighted by molar-refractivity contribution is 7.46. The number of phosphoric ester groups is 1. The zero-order valence-electron chi connectivity index (χ0n) is 50.4. The van der Waals surface area contributed by atoms with Crippen LogP contribution in [0.4, 0.5) is 0 Å². The summed E-state index contributed by atoms with van der Waals surface area (Å²) < 4.78 is 47.2. The van der Waals surface area contributed by atoms with Crippen LogP contribution in [0.5, 0.6) is 0 Å². The number of aliphatic hydroxyl groups excluding tert-OH is 5. The SMILES string of the molecule is CCCCCCCCCCCC(=O)O[C@H](CCCCCCCCCCC)CC(=O)N[C@H]1[C@H](OC[C@H]2O[C@H](OCCCCCCCC(=O)O)[C@H](NC(=O)C[C@H](O)CCCCCCCCCCC)[C@@H](O)[C@@H]2O)O[C@H](CO)[C@@H](OP(=O)(O)O)[C@@H]1O. The number of carbonyl (C=O) groups is 4. The molecule has 0 unspecified atom stereocenters. The molecule has 2 rings (SSSR count). The Balaban J connectivity index is 2.25. The number of unbranched alkanes of at least 4 members (excludes halogenated alkanes) is 28. The Morgan fingerprint density at radius 1 is 0.524 bits per heavy atom. The van der Waals surface area contributed by atoms with Gasteiger partial charge in [0, 0.05) is 19.4 Å². The number of carboxylic acid groups (broad SMARTS) is 1. The van der Waals surface area contributed by atoms with Gasteiger partial charge in [-0.15, -0.1) is 0 Å². The van der Waals surface area contributed by atoms with E-state index in [1.54, 1.807) is 0 Å². The van der Waals surface area contributed by atoms with Crippen LogP contribution < -0.4 is 10.6 Å². The van der Waals surface area contributed by atoms with Crippen molar-refractivity contribution in [2.45, 2.75) is 338 Å². The monoisotopic (exact) mass is 1200 g/mol. The van der Waals surface area contributed by atoms with E-state index in [0.717, 1.165) is 83.5 Å². The van der Waals surface area contributed by atoms with Crippen LogP contribution in [-0.4, -0.2) is 157 Å². The van der Waals surface area contributed by atoms with Crippen molar-refractivity contribution >= 4 is 31.6 Å². The summed E-state index contributed by atoms with van der Waals surface area (Å²) in [4.78, 5) is 71.2. The number of aliphatic hydroxyl groups is 5. The minimum atomic E-state index is -5.33. The number of ether oxygens (including phenoxy) is 5. The second-order valence-corrected chi connectivity index (χ2v) is 24.3. The molecule has 0 spiro atoms. The maximum atomic E-state index is 14.1. The molecule has 12 atom stereocenters. The van der Waals surface area contributed by atoms with Crippen molar-refractivity contribution in [3.63, 3.8) is 0 Å². The lowest BCUT2D eigenvalue weighted by molar-refractivity contribution is -0.302. The number of nitrogens with one attached hydrogen (secondary N) is 2. The highest BCUT2D eigenvalue weighted by Crippen LogP contribution is 2.41. The Labute approximate surface area is 491 Å². The van der Waals surface area contributed by atoms with E-state index in [0.29, 0.717) is 51.4 Å². The van der Waals surface area contributed by atoms with Gasteiger partial charge in [0.15, 0.2) is 12.6 Å². The Bertz CT molecular complexity index is 1700. The number of hydrogen-bond donors (Lipinski definition) is 10. The number of hydrogen-bond acceptors (Lipinski definition) is 16. The summed E-state index contributed by atoms with van der Waals surface area (Å²) in [7, 11) is -5.33. The normalized spacial score (nSPS) is 23.8. The average molecular weight is 1200 g/mol. The van der Waals surface area contributed by atoms with Gasteiger partial charge in [-0.05, 0) is 38.5 Å². The third-order valence-corrected chi connectivity index (χ3v) is 16.1. The van der Waals surface area contributed by atoms with Crippen molar-refractivity contribution in [1.29, 1.82) is 0 Å². The predicted molar refractivity (Wildman–Crippen MR) is 311 cm³/mol. The van der Waals surface area contributed by atoms with Crippen molar-refractivity contribution in [2.75, 3.05) is 19.8 Å². The number of phosphoric acid groups is 1. The lowest BCUT2D eigenvalue weighted by Gasteiger charge is -2.45. The number of carboxylic acids is 1. The van der Waals surface area contributed by atoms with Gasteiger partial charge in [0.05, 0.1) is 32.2 Å². The van der Waals surface area contributed by atoms with E-state index in [9.17, 15) is 59.1 Å². The minimum Gasteiger partial charge on any atom is -0.481 e. The molecule has 22 heteroatoms. The third-order valence-electron chi connectivity index (χ3n) is 15.6. The van der Waals surface area contributed by atoms with Crippen LogP contribution in [0, 0.1) is 0 Å². The molecule has 10 N–H and O–H groups in total. The molecule has 2 fully saturated rings. The topological polar surface area (TPSA) is 327 Å². The lowest BCUT2D eigenvalue weighted by atomic mass is 9.95. The first-order valence-electron chi connectivity index (χ1n) is 32.1. The predicted octanol–water partition coefficient (Wildman–Crippen LogP) is 9.23. The van der Waals surface area contributed by atoms with Crippen LogP contribution in [0.2, 0.25) is 0 Å². The summed E-state index contributed by atoms with van der Waals surface area (Å²) in [5.41, 5.74) is 0. The van der Waals surface area contributed by atoms with Gasteiger partial charge in [0.25, 0.3) is 0 Å². The molecule has 2 aliphatic rings. The molecule has 21 nitrogen and oxygen atoms in total. The fourth-order valence-corrected chi connectivity index (χ4v) is 11.3. The largest absolute Gasteiger partial charge is 0.481 e. The second kappa shape index (κ2) is 46.8. The molecule has 0 bridgehead atoms. The highest BCUT2D eigenvalue weighted by atomic mass is 31.2. The van der Waals surface area contributed by atoms with Crippen molar-refractivity contribution in [1.82, 2.24) is 10.6 Å². The Kier molecular flexibility index (Phi) is 43.2. The summed E-state index contributed by atoms with van der Waals surface area (Å²) in [6.07, 6.45) is 17.2. The van der Waals surface area contributed by atoms with E-state index >= 15 is 0 Å². The summed E-state index contributed by atoms with van der Waals surface area (Å²) >= 11 is 0. The second-order valence-electron chi connectivity index (χ2n) is 23.1. The molecular formula is C60H113N2O19P. The van der Waals surface area contributed by atoms with Crippen molar-refractivity contribution in [3.05, 3.63) is 0 Å². The maximum absolute atomic E-state index is 14.1. The molecule has 0 aromatic heterocycles. The fourth-order valence-electron chi connectivity index (χ4n) is 10.7. The lowest BCUT2D eigenvalue weighted by Crippen LogP contribution is -2.67. The van der Waals surface area contributed by atoms with E-state index < -0.39 is 118 Å². The standard InChI is InChI=1S/C60H113N2O19P/c1-4-7-10-13-16-19-22-26-31-36-45(64)41-49(65)61-53-56(71)55(70)48(80-59(53)76-40-35-30-25-28-33-38-51(67)68)44-77-60-54(57(72)58(47(43-63)79-60)81-82(73,74)75)62-50(66)42-46(37-32-27-23-20-17-14-11-8-5-2)78-52(69)39-34-29-24-21-18-15-12-9-6-3/h45-48,53-60,63-64,70-72H,4-44H2,1-3H3,(H,61,65)(H,62,66)(H,67,68)(H2,73,74,75)/t45-,46-,47-,48-,53-,54-,55-,56-,57-,58-,59+,60-/m1/s1. The number of rotatable bonds is 52. The summed E-state index contributed by atoms with van der Waals surface area (Å²) in [6, 6.07) is -2.96. The number of carbonyl (C=O) groups excluding carboxylic acids is 3. The molecule has 2 amide bonds. The minimum absolute atomic E-state index is 0.0578. The van der Waals surface area contributed by atoms with Crippen LogP contribution in [-0.2, 0) is 52.0 Å². The maximum Gasteiger partial charge on any atom is 0.470 e. The van der Waals surface area contributed by atoms with Gasteiger partial charge in [0.2, 0.25) is 11.8 Å². The van der Waals surface area contributed by atoms with Gasteiger partial charge in [-0.1, -0.05) is 201 Å². The zero-order valence-corrected chi connectivity index (χ0v) is 51.3. The van der Waals surface area contributed by atoms with E-state index in [2.05, 4.69) is 31.4 Å². The number of amides is 2. The summed E-state index contributed by atoms with van der Waals surface area (Å²) in [5, 5.41) is 70.2. The van der Waals surface area contributed by atoms with Crippen LogP contribution in [0.1, 0.15) is 265 Å². The Hall–Kier alpha value is -2.37. The number of esters is 1. The quantitative estimate of drug-likeness (QED) is 0.0154. The van der Waals surface area contributed by atoms with E-state index in [4.69, 9.17) is 33.3 Å². The van der Waals surface area contributed by atoms with Gasteiger partial charge < -0.3 is 74.7 Å². The highest BCUT2D eigenvalue weighted by Gasteiger charge is 2.51. The van der Waals surface area contributed by atoms with Crippen LogP contribution in [0.25, 0.3) is 0 Å². The fraction of sp³-hybridized carbons (Fsp3) is 0.933. The Morgan fingerprint density at radius 2 is 0.951 bits per heavy atom. The van der Waals surface area contributed by atoms with Crippen molar-refractivity contribution in [3.8, 4) is 0 Å². The molecule has 0 radical (unpaired) electrons. The summed E-state index contributed by atoms with van der Waals surface area (Å²) in [6.45, 7) is 5.07. The summed E-state index contributed by atoms with van der Waals surface area (Å²) in [5.74, 6) is -2.65. The van der Waals surface area contributed by atoms with Gasteiger partial charge in [-0.25, -0.2) is 4.57 Å². The van der Waals surface area contributed by atoms with Gasteiger partial charge in [-0.3, -0.25) is 23.7 Å². The third kappa shape index (κ3) is 35.3. The van der Waals surface area contributed by atoms with E-state index in [1.807, 2.05) is 0 Å². The molecule has 2 aliphatic heterocycles. The van der Waals surface area contributed by atoms with E-state index in [1.165, 1.54) is 83.5 Å². The van der Waals surface area contributed by atoms with Gasteiger partial charge in [-0.2, -0.15) is 0 Å². The van der Waals surface area contributed by atoms with Crippen molar-refractivity contribution in [2.24, 2.45) is 0 Å². The molecule has 0 aliphatic carbocycles. The van der Waals surface area contributed by atoms with Gasteiger partial charge in [0.1, 0.15) is 54.8 Å². The molecule has 482 valence electrons. The average Bonchev–Trinajstić information content (AvgIpc) is 3.63.